The summed E-state index contributed by atoms with van der Waals surface area (Å²) in [5.41, 5.74) is 1.22. The number of aromatic nitrogens is 2. The Labute approximate surface area is 103 Å². The minimum atomic E-state index is 0.620. The fraction of sp³-hybridized carbons (Fsp3) is 0.714. The van der Waals surface area contributed by atoms with E-state index in [1.54, 1.807) is 0 Å². The Bertz CT molecular complexity index is 350. The van der Waals surface area contributed by atoms with Crippen LogP contribution in [-0.4, -0.2) is 16.0 Å². The molecule has 1 N–H and O–H groups in total. The Morgan fingerprint density at radius 3 is 2.35 bits per heavy atom. The van der Waals surface area contributed by atoms with E-state index in [4.69, 9.17) is 0 Å². The van der Waals surface area contributed by atoms with Gasteiger partial charge in [0.2, 0.25) is 0 Å². The molecular formula is C14H21N3. The standard InChI is InChI=1S/C14H21N3/c1-2-4-12(5-3-1)14-16-9-11(10-17-14)8-15-13-6-7-13/h9-10,12-13,15H,1-8H2. The third-order valence-electron chi connectivity index (χ3n) is 3.87. The predicted octanol–water partition coefficient (Wildman–Crippen LogP) is 2.78. The second kappa shape index (κ2) is 5.13. The summed E-state index contributed by atoms with van der Waals surface area (Å²) in [5.74, 6) is 1.69. The van der Waals surface area contributed by atoms with Gasteiger partial charge in [0.25, 0.3) is 0 Å². The maximum Gasteiger partial charge on any atom is 0.131 e. The van der Waals surface area contributed by atoms with E-state index in [2.05, 4.69) is 15.3 Å². The molecule has 3 rings (SSSR count). The molecule has 1 heterocycles. The van der Waals surface area contributed by atoms with Crippen molar-refractivity contribution >= 4 is 0 Å². The molecule has 0 saturated heterocycles. The van der Waals surface area contributed by atoms with Crippen LogP contribution in [0, 0.1) is 0 Å². The van der Waals surface area contributed by atoms with E-state index >= 15 is 0 Å². The molecular weight excluding hydrogens is 210 g/mol. The van der Waals surface area contributed by atoms with Crippen LogP contribution in [0.1, 0.15) is 62.3 Å². The molecule has 3 nitrogen and oxygen atoms in total. The molecule has 2 fully saturated rings. The minimum absolute atomic E-state index is 0.620. The molecule has 0 unspecified atom stereocenters. The first-order chi connectivity index (χ1) is 8.42. The molecule has 2 aliphatic carbocycles. The summed E-state index contributed by atoms with van der Waals surface area (Å²) >= 11 is 0. The summed E-state index contributed by atoms with van der Waals surface area (Å²) in [5, 5.41) is 3.49. The lowest BCUT2D eigenvalue weighted by molar-refractivity contribution is 0.428. The lowest BCUT2D eigenvalue weighted by Gasteiger charge is -2.20. The Morgan fingerprint density at radius 1 is 1.00 bits per heavy atom. The highest BCUT2D eigenvalue weighted by molar-refractivity contribution is 5.08. The average Bonchev–Trinajstić information content (AvgIpc) is 3.22. The molecule has 0 spiro atoms. The second-order valence-electron chi connectivity index (χ2n) is 5.44. The Morgan fingerprint density at radius 2 is 1.71 bits per heavy atom. The average molecular weight is 231 g/mol. The topological polar surface area (TPSA) is 37.8 Å². The summed E-state index contributed by atoms with van der Waals surface area (Å²) in [6.07, 6.45) is 13.3. The zero-order valence-corrected chi connectivity index (χ0v) is 10.4. The molecule has 92 valence electrons. The van der Waals surface area contributed by atoms with Gasteiger partial charge in [0, 0.05) is 36.5 Å². The maximum absolute atomic E-state index is 4.55. The molecule has 0 bridgehead atoms. The molecule has 0 atom stereocenters. The summed E-state index contributed by atoms with van der Waals surface area (Å²) < 4.78 is 0. The van der Waals surface area contributed by atoms with E-state index in [-0.39, 0.29) is 0 Å². The van der Waals surface area contributed by atoms with E-state index in [0.29, 0.717) is 5.92 Å². The fourth-order valence-electron chi connectivity index (χ4n) is 2.58. The van der Waals surface area contributed by atoms with Crippen LogP contribution in [0.25, 0.3) is 0 Å². The van der Waals surface area contributed by atoms with Crippen LogP contribution in [0.2, 0.25) is 0 Å². The number of nitrogens with zero attached hydrogens (tertiary/aromatic N) is 2. The van der Waals surface area contributed by atoms with Crippen molar-refractivity contribution in [3.63, 3.8) is 0 Å². The van der Waals surface area contributed by atoms with Crippen molar-refractivity contribution in [2.45, 2.75) is 63.5 Å². The van der Waals surface area contributed by atoms with Gasteiger partial charge in [-0.05, 0) is 25.7 Å². The summed E-state index contributed by atoms with van der Waals surface area (Å²) in [6.45, 7) is 0.926. The van der Waals surface area contributed by atoms with Gasteiger partial charge in [-0.2, -0.15) is 0 Å². The molecule has 2 aliphatic rings. The quantitative estimate of drug-likeness (QED) is 0.866. The Hall–Kier alpha value is -0.960. The zero-order valence-electron chi connectivity index (χ0n) is 10.4. The van der Waals surface area contributed by atoms with Crippen molar-refractivity contribution in [2.75, 3.05) is 0 Å². The van der Waals surface area contributed by atoms with Gasteiger partial charge in [-0.25, -0.2) is 9.97 Å². The molecule has 1 aromatic rings. The molecule has 3 heteroatoms. The fourth-order valence-corrected chi connectivity index (χ4v) is 2.58. The van der Waals surface area contributed by atoms with Crippen LogP contribution in [0.4, 0.5) is 0 Å². The van der Waals surface area contributed by atoms with Crippen LogP contribution in [-0.2, 0) is 6.54 Å². The summed E-state index contributed by atoms with van der Waals surface area (Å²) in [7, 11) is 0. The molecule has 0 aromatic carbocycles. The third-order valence-corrected chi connectivity index (χ3v) is 3.87. The van der Waals surface area contributed by atoms with Crippen LogP contribution in [0.3, 0.4) is 0 Å². The first kappa shape index (κ1) is 11.1. The van der Waals surface area contributed by atoms with Crippen LogP contribution < -0.4 is 5.32 Å². The molecule has 17 heavy (non-hydrogen) atoms. The van der Waals surface area contributed by atoms with Crippen molar-refractivity contribution in [3.05, 3.63) is 23.8 Å². The van der Waals surface area contributed by atoms with Gasteiger partial charge in [-0.1, -0.05) is 19.3 Å². The van der Waals surface area contributed by atoms with Crippen LogP contribution >= 0.6 is 0 Å². The monoisotopic (exact) mass is 231 g/mol. The van der Waals surface area contributed by atoms with Gasteiger partial charge in [-0.3, -0.25) is 0 Å². The SMILES string of the molecule is c1nc(C2CCCCC2)ncc1CNC1CC1. The predicted molar refractivity (Wildman–Crippen MR) is 67.7 cm³/mol. The molecule has 0 aliphatic heterocycles. The summed E-state index contributed by atoms with van der Waals surface area (Å²) in [6, 6.07) is 0.757. The number of hydrogen-bond acceptors (Lipinski definition) is 3. The molecule has 0 amide bonds. The first-order valence-electron chi connectivity index (χ1n) is 6.96. The summed E-state index contributed by atoms with van der Waals surface area (Å²) in [4.78, 5) is 9.10. The Balaban J connectivity index is 1.58. The number of rotatable bonds is 4. The maximum atomic E-state index is 4.55. The van der Waals surface area contributed by atoms with Crippen LogP contribution in [0.5, 0.6) is 0 Å². The lowest BCUT2D eigenvalue weighted by atomic mass is 9.89. The van der Waals surface area contributed by atoms with Crippen molar-refractivity contribution in [3.8, 4) is 0 Å². The number of nitrogens with one attached hydrogen (secondary N) is 1. The third kappa shape index (κ3) is 3.03. The van der Waals surface area contributed by atoms with Gasteiger partial charge in [-0.15, -0.1) is 0 Å². The van der Waals surface area contributed by atoms with Crippen molar-refractivity contribution < 1.29 is 0 Å². The molecule has 2 saturated carbocycles. The van der Waals surface area contributed by atoms with E-state index in [1.807, 2.05) is 12.4 Å². The minimum Gasteiger partial charge on any atom is -0.310 e. The normalized spacial score (nSPS) is 21.6. The van der Waals surface area contributed by atoms with Gasteiger partial charge in [0.1, 0.15) is 5.82 Å². The van der Waals surface area contributed by atoms with Gasteiger partial charge >= 0.3 is 0 Å². The highest BCUT2D eigenvalue weighted by Crippen LogP contribution is 2.30. The van der Waals surface area contributed by atoms with Gasteiger partial charge in [0.05, 0.1) is 0 Å². The number of hydrogen-bond donors (Lipinski definition) is 1. The van der Waals surface area contributed by atoms with Gasteiger partial charge < -0.3 is 5.32 Å². The smallest absolute Gasteiger partial charge is 0.131 e. The highest BCUT2D eigenvalue weighted by Gasteiger charge is 2.20. The largest absolute Gasteiger partial charge is 0.310 e. The van der Waals surface area contributed by atoms with Crippen molar-refractivity contribution in [2.24, 2.45) is 0 Å². The van der Waals surface area contributed by atoms with E-state index < -0.39 is 0 Å². The molecule has 0 radical (unpaired) electrons. The second-order valence-corrected chi connectivity index (χ2v) is 5.44. The van der Waals surface area contributed by atoms with E-state index in [0.717, 1.165) is 18.4 Å². The first-order valence-corrected chi connectivity index (χ1v) is 6.96. The Kier molecular flexibility index (Phi) is 3.36. The van der Waals surface area contributed by atoms with E-state index in [1.165, 1.54) is 50.5 Å². The van der Waals surface area contributed by atoms with Crippen molar-refractivity contribution in [1.29, 1.82) is 0 Å². The molecule has 1 aromatic heterocycles. The lowest BCUT2D eigenvalue weighted by Crippen LogP contribution is -2.16. The zero-order chi connectivity index (χ0) is 11.5. The van der Waals surface area contributed by atoms with Gasteiger partial charge in [0.15, 0.2) is 0 Å². The van der Waals surface area contributed by atoms with Crippen molar-refractivity contribution in [1.82, 2.24) is 15.3 Å². The van der Waals surface area contributed by atoms with E-state index in [9.17, 15) is 0 Å². The van der Waals surface area contributed by atoms with Crippen LogP contribution in [0.15, 0.2) is 12.4 Å². The highest BCUT2D eigenvalue weighted by atomic mass is 15.0.